The number of ether oxygens (including phenoxy) is 1. The molecule has 2 aromatic carbocycles. The van der Waals surface area contributed by atoms with E-state index in [0.717, 1.165) is 22.6 Å². The van der Waals surface area contributed by atoms with Gasteiger partial charge in [-0.3, -0.25) is 0 Å². The zero-order valence-corrected chi connectivity index (χ0v) is 11.5. The molecular formula is C16H16OS. The lowest BCUT2D eigenvalue weighted by Crippen LogP contribution is -2.01. The summed E-state index contributed by atoms with van der Waals surface area (Å²) in [6.07, 6.45) is 0.807. The van der Waals surface area contributed by atoms with Crippen LogP contribution in [0.15, 0.2) is 48.5 Å². The van der Waals surface area contributed by atoms with Gasteiger partial charge in [0.2, 0.25) is 0 Å². The Morgan fingerprint density at radius 2 is 1.61 bits per heavy atom. The Balaban J connectivity index is 2.09. The highest BCUT2D eigenvalue weighted by Gasteiger charge is 2.03. The summed E-state index contributed by atoms with van der Waals surface area (Å²) in [7, 11) is 1.67. The van der Waals surface area contributed by atoms with Gasteiger partial charge in [-0.25, -0.2) is 0 Å². The van der Waals surface area contributed by atoms with Crippen molar-refractivity contribution < 1.29 is 4.74 Å². The molecule has 0 aliphatic rings. The van der Waals surface area contributed by atoms with Crippen LogP contribution in [0.4, 0.5) is 0 Å². The summed E-state index contributed by atoms with van der Waals surface area (Å²) in [6, 6.07) is 16.4. The smallest absolute Gasteiger partial charge is 0.118 e. The number of thiocarbonyl (C=S) groups is 1. The quantitative estimate of drug-likeness (QED) is 0.605. The summed E-state index contributed by atoms with van der Waals surface area (Å²) >= 11 is 5.47. The second-order valence-corrected chi connectivity index (χ2v) is 4.81. The van der Waals surface area contributed by atoms with Gasteiger partial charge in [0.05, 0.1) is 7.11 Å². The van der Waals surface area contributed by atoms with E-state index in [1.807, 2.05) is 24.3 Å². The van der Waals surface area contributed by atoms with Crippen LogP contribution in [0.2, 0.25) is 0 Å². The average molecular weight is 256 g/mol. The van der Waals surface area contributed by atoms with Crippen molar-refractivity contribution in [3.05, 3.63) is 65.2 Å². The summed E-state index contributed by atoms with van der Waals surface area (Å²) < 4.78 is 5.14. The number of aryl methyl sites for hydroxylation is 1. The van der Waals surface area contributed by atoms with Gasteiger partial charge in [-0.15, -0.1) is 0 Å². The molecule has 0 fully saturated rings. The minimum absolute atomic E-state index is 0.807. The molecule has 0 saturated heterocycles. The maximum Gasteiger partial charge on any atom is 0.118 e. The van der Waals surface area contributed by atoms with E-state index in [1.165, 1.54) is 11.1 Å². The second kappa shape index (κ2) is 5.78. The molecule has 0 aliphatic carbocycles. The number of rotatable bonds is 4. The molecule has 0 aliphatic heterocycles. The third-order valence-corrected chi connectivity index (χ3v) is 3.28. The first kappa shape index (κ1) is 12.8. The Morgan fingerprint density at radius 3 is 2.17 bits per heavy atom. The third kappa shape index (κ3) is 3.17. The number of hydrogen-bond donors (Lipinski definition) is 0. The van der Waals surface area contributed by atoms with Gasteiger partial charge in [0.15, 0.2) is 0 Å². The largest absolute Gasteiger partial charge is 0.497 e. The van der Waals surface area contributed by atoms with Crippen molar-refractivity contribution in [3.63, 3.8) is 0 Å². The molecule has 0 amide bonds. The molecule has 0 radical (unpaired) electrons. The molecule has 2 rings (SSSR count). The SMILES string of the molecule is COc1ccc(C(=S)Cc2ccc(C)cc2)cc1. The van der Waals surface area contributed by atoms with Gasteiger partial charge in [-0.05, 0) is 30.2 Å². The van der Waals surface area contributed by atoms with Crippen molar-refractivity contribution in [1.29, 1.82) is 0 Å². The molecule has 0 unspecified atom stereocenters. The fraction of sp³-hybridized carbons (Fsp3) is 0.188. The molecule has 0 atom stereocenters. The first-order valence-electron chi connectivity index (χ1n) is 5.92. The Labute approximate surface area is 113 Å². The summed E-state index contributed by atoms with van der Waals surface area (Å²) in [5.74, 6) is 0.858. The van der Waals surface area contributed by atoms with E-state index < -0.39 is 0 Å². The van der Waals surface area contributed by atoms with Crippen molar-refractivity contribution in [2.75, 3.05) is 7.11 Å². The molecule has 92 valence electrons. The fourth-order valence-corrected chi connectivity index (χ4v) is 2.07. The first-order chi connectivity index (χ1) is 8.69. The normalized spacial score (nSPS) is 10.1. The first-order valence-corrected chi connectivity index (χ1v) is 6.32. The molecule has 1 nitrogen and oxygen atoms in total. The van der Waals surface area contributed by atoms with Gasteiger partial charge < -0.3 is 4.74 Å². The Kier molecular flexibility index (Phi) is 4.11. The Hall–Kier alpha value is -1.67. The van der Waals surface area contributed by atoms with Crippen LogP contribution in [0, 0.1) is 6.92 Å². The number of methoxy groups -OCH3 is 1. The minimum atomic E-state index is 0.807. The fourth-order valence-electron chi connectivity index (χ4n) is 1.77. The molecule has 2 heteroatoms. The van der Waals surface area contributed by atoms with Crippen LogP contribution in [0.5, 0.6) is 5.75 Å². The van der Waals surface area contributed by atoms with Crippen molar-refractivity contribution in [1.82, 2.24) is 0 Å². The highest BCUT2D eigenvalue weighted by atomic mass is 32.1. The van der Waals surface area contributed by atoms with E-state index in [2.05, 4.69) is 31.2 Å². The second-order valence-electron chi connectivity index (χ2n) is 4.31. The maximum absolute atomic E-state index is 5.47. The standard InChI is InChI=1S/C16H16OS/c1-12-3-5-13(6-4-12)11-16(18)14-7-9-15(17-2)10-8-14/h3-10H,11H2,1-2H3. The molecule has 18 heavy (non-hydrogen) atoms. The Bertz CT molecular complexity index is 526. The van der Waals surface area contributed by atoms with Crippen LogP contribution >= 0.6 is 12.2 Å². The van der Waals surface area contributed by atoms with Crippen molar-refractivity contribution in [3.8, 4) is 5.75 Å². The van der Waals surface area contributed by atoms with Crippen LogP contribution in [0.25, 0.3) is 0 Å². The van der Waals surface area contributed by atoms with E-state index in [0.29, 0.717) is 0 Å². The molecule has 0 aromatic heterocycles. The topological polar surface area (TPSA) is 9.23 Å². The van der Waals surface area contributed by atoms with Crippen molar-refractivity contribution >= 4 is 17.1 Å². The van der Waals surface area contributed by atoms with Gasteiger partial charge in [0, 0.05) is 11.3 Å². The van der Waals surface area contributed by atoms with E-state index in [1.54, 1.807) is 7.11 Å². The van der Waals surface area contributed by atoms with Gasteiger partial charge in [-0.1, -0.05) is 54.2 Å². The van der Waals surface area contributed by atoms with Crippen molar-refractivity contribution in [2.24, 2.45) is 0 Å². The van der Waals surface area contributed by atoms with Crippen LogP contribution in [-0.4, -0.2) is 12.0 Å². The summed E-state index contributed by atoms with van der Waals surface area (Å²) in [5, 5.41) is 0. The van der Waals surface area contributed by atoms with Crippen LogP contribution in [0.1, 0.15) is 16.7 Å². The number of hydrogen-bond acceptors (Lipinski definition) is 2. The predicted octanol–water partition coefficient (Wildman–Crippen LogP) is 3.96. The van der Waals surface area contributed by atoms with E-state index >= 15 is 0 Å². The monoisotopic (exact) mass is 256 g/mol. The van der Waals surface area contributed by atoms with Crippen LogP contribution in [0.3, 0.4) is 0 Å². The van der Waals surface area contributed by atoms with Crippen molar-refractivity contribution in [2.45, 2.75) is 13.3 Å². The van der Waals surface area contributed by atoms with Crippen LogP contribution < -0.4 is 4.74 Å². The van der Waals surface area contributed by atoms with Gasteiger partial charge >= 0.3 is 0 Å². The molecule has 0 saturated carbocycles. The highest BCUT2D eigenvalue weighted by molar-refractivity contribution is 7.80. The number of benzene rings is 2. The zero-order valence-electron chi connectivity index (χ0n) is 10.6. The van der Waals surface area contributed by atoms with Crippen LogP contribution in [-0.2, 0) is 6.42 Å². The lowest BCUT2D eigenvalue weighted by molar-refractivity contribution is 0.415. The lowest BCUT2D eigenvalue weighted by atomic mass is 10.0. The Morgan fingerprint density at radius 1 is 1.00 bits per heavy atom. The minimum Gasteiger partial charge on any atom is -0.497 e. The van der Waals surface area contributed by atoms with E-state index in [9.17, 15) is 0 Å². The predicted molar refractivity (Wildman–Crippen MR) is 79.6 cm³/mol. The summed E-state index contributed by atoms with van der Waals surface area (Å²) in [6.45, 7) is 2.09. The zero-order chi connectivity index (χ0) is 13.0. The average Bonchev–Trinajstić information content (AvgIpc) is 2.41. The molecular weight excluding hydrogens is 240 g/mol. The summed E-state index contributed by atoms with van der Waals surface area (Å²) in [4.78, 5) is 0.960. The summed E-state index contributed by atoms with van der Waals surface area (Å²) in [5.41, 5.74) is 3.61. The van der Waals surface area contributed by atoms with E-state index in [-0.39, 0.29) is 0 Å². The third-order valence-electron chi connectivity index (χ3n) is 2.90. The van der Waals surface area contributed by atoms with Gasteiger partial charge in [0.1, 0.15) is 5.75 Å². The molecule has 0 N–H and O–H groups in total. The molecule has 2 aromatic rings. The van der Waals surface area contributed by atoms with Gasteiger partial charge in [-0.2, -0.15) is 0 Å². The highest BCUT2D eigenvalue weighted by Crippen LogP contribution is 2.14. The van der Waals surface area contributed by atoms with Gasteiger partial charge in [0.25, 0.3) is 0 Å². The molecule has 0 heterocycles. The van der Waals surface area contributed by atoms with E-state index in [4.69, 9.17) is 17.0 Å². The molecule has 0 bridgehead atoms. The molecule has 0 spiro atoms. The maximum atomic E-state index is 5.47. The lowest BCUT2D eigenvalue weighted by Gasteiger charge is -2.06.